The van der Waals surface area contributed by atoms with E-state index >= 15 is 0 Å². The number of nitriles is 1. The molecule has 0 fully saturated rings. The number of benzene rings is 1. The van der Waals surface area contributed by atoms with Crippen LogP contribution in [0.2, 0.25) is 0 Å². The first-order valence-electron chi connectivity index (χ1n) is 6.60. The molecule has 100 valence electrons. The highest BCUT2D eigenvalue weighted by molar-refractivity contribution is 7.99. The highest BCUT2D eigenvalue weighted by Gasteiger charge is 2.19. The first-order valence-corrected chi connectivity index (χ1v) is 7.76. The fourth-order valence-corrected chi connectivity index (χ4v) is 3.06. The number of carbonyl (C=O) groups excluding carboxylic acids is 1. The van der Waals surface area contributed by atoms with Crippen LogP contribution in [-0.2, 0) is 17.8 Å². The van der Waals surface area contributed by atoms with E-state index in [4.69, 9.17) is 5.26 Å². The minimum Gasteiger partial charge on any atom is -0.337 e. The molecule has 1 aromatic rings. The SMILES string of the molecule is N#CCCCSCC(=O)N1CCc2ccccc2C1. The van der Waals surface area contributed by atoms with E-state index in [-0.39, 0.29) is 5.91 Å². The molecule has 0 bridgehead atoms. The molecular formula is C15H18N2OS. The molecule has 0 atom stereocenters. The summed E-state index contributed by atoms with van der Waals surface area (Å²) in [6, 6.07) is 10.5. The first-order chi connectivity index (χ1) is 9.31. The van der Waals surface area contributed by atoms with Crippen LogP contribution in [0.5, 0.6) is 0 Å². The van der Waals surface area contributed by atoms with Gasteiger partial charge in [-0.2, -0.15) is 17.0 Å². The molecule has 1 heterocycles. The van der Waals surface area contributed by atoms with Gasteiger partial charge in [0, 0.05) is 19.5 Å². The largest absolute Gasteiger partial charge is 0.337 e. The predicted molar refractivity (Wildman–Crippen MR) is 77.7 cm³/mol. The van der Waals surface area contributed by atoms with Crippen molar-refractivity contribution < 1.29 is 4.79 Å². The number of nitrogens with zero attached hydrogens (tertiary/aromatic N) is 2. The molecule has 0 N–H and O–H groups in total. The zero-order valence-corrected chi connectivity index (χ0v) is 11.8. The summed E-state index contributed by atoms with van der Waals surface area (Å²) >= 11 is 1.63. The van der Waals surface area contributed by atoms with Gasteiger partial charge in [-0.15, -0.1) is 0 Å². The smallest absolute Gasteiger partial charge is 0.232 e. The fraction of sp³-hybridized carbons (Fsp3) is 0.467. The van der Waals surface area contributed by atoms with Crippen LogP contribution >= 0.6 is 11.8 Å². The molecule has 2 rings (SSSR count). The van der Waals surface area contributed by atoms with Gasteiger partial charge in [0.05, 0.1) is 11.8 Å². The van der Waals surface area contributed by atoms with E-state index in [1.807, 2.05) is 11.0 Å². The van der Waals surface area contributed by atoms with Crippen molar-refractivity contribution in [2.24, 2.45) is 0 Å². The van der Waals surface area contributed by atoms with Crippen molar-refractivity contribution in [3.05, 3.63) is 35.4 Å². The van der Waals surface area contributed by atoms with Gasteiger partial charge in [-0.3, -0.25) is 4.79 Å². The maximum absolute atomic E-state index is 12.1. The van der Waals surface area contributed by atoms with Gasteiger partial charge in [-0.05, 0) is 29.7 Å². The van der Waals surface area contributed by atoms with E-state index in [9.17, 15) is 4.79 Å². The average molecular weight is 274 g/mol. The summed E-state index contributed by atoms with van der Waals surface area (Å²) in [7, 11) is 0. The van der Waals surface area contributed by atoms with Crippen molar-refractivity contribution in [3.8, 4) is 6.07 Å². The Morgan fingerprint density at radius 2 is 2.16 bits per heavy atom. The van der Waals surface area contributed by atoms with Crippen LogP contribution < -0.4 is 0 Å². The third-order valence-corrected chi connectivity index (χ3v) is 4.31. The molecular weight excluding hydrogens is 256 g/mol. The van der Waals surface area contributed by atoms with Gasteiger partial charge in [0.1, 0.15) is 0 Å². The molecule has 19 heavy (non-hydrogen) atoms. The number of carbonyl (C=O) groups is 1. The molecule has 0 unspecified atom stereocenters. The molecule has 1 aliphatic heterocycles. The molecule has 1 aliphatic rings. The second kappa shape index (κ2) is 7.20. The molecule has 0 saturated heterocycles. The third-order valence-electron chi connectivity index (χ3n) is 3.29. The second-order valence-electron chi connectivity index (χ2n) is 4.65. The summed E-state index contributed by atoms with van der Waals surface area (Å²) in [5, 5.41) is 8.44. The number of hydrogen-bond donors (Lipinski definition) is 0. The predicted octanol–water partition coefficient (Wildman–Crippen LogP) is 2.61. The molecule has 0 saturated carbocycles. The van der Waals surface area contributed by atoms with Crippen molar-refractivity contribution in [1.29, 1.82) is 5.26 Å². The lowest BCUT2D eigenvalue weighted by molar-refractivity contribution is -0.129. The molecule has 0 aliphatic carbocycles. The Balaban J connectivity index is 1.78. The number of fused-ring (bicyclic) bond motifs is 1. The average Bonchev–Trinajstić information content (AvgIpc) is 2.46. The highest BCUT2D eigenvalue weighted by Crippen LogP contribution is 2.19. The number of hydrogen-bond acceptors (Lipinski definition) is 3. The van der Waals surface area contributed by atoms with Crippen molar-refractivity contribution in [3.63, 3.8) is 0 Å². The Kier molecular flexibility index (Phi) is 5.29. The quantitative estimate of drug-likeness (QED) is 0.775. The number of thioether (sulfide) groups is 1. The van der Waals surface area contributed by atoms with Crippen molar-refractivity contribution in [2.75, 3.05) is 18.1 Å². The van der Waals surface area contributed by atoms with Gasteiger partial charge in [0.15, 0.2) is 0 Å². The molecule has 3 nitrogen and oxygen atoms in total. The summed E-state index contributed by atoms with van der Waals surface area (Å²) in [4.78, 5) is 14.0. The maximum Gasteiger partial charge on any atom is 0.232 e. The van der Waals surface area contributed by atoms with Gasteiger partial charge in [-0.25, -0.2) is 0 Å². The summed E-state index contributed by atoms with van der Waals surface area (Å²) in [5.74, 6) is 1.65. The van der Waals surface area contributed by atoms with E-state index in [1.165, 1.54) is 11.1 Å². The number of unbranched alkanes of at least 4 members (excludes halogenated alkanes) is 1. The van der Waals surface area contributed by atoms with Crippen LogP contribution in [0, 0.1) is 11.3 Å². The van der Waals surface area contributed by atoms with Crippen LogP contribution in [0.4, 0.5) is 0 Å². The lowest BCUT2D eigenvalue weighted by atomic mass is 10.00. The second-order valence-corrected chi connectivity index (χ2v) is 5.75. The lowest BCUT2D eigenvalue weighted by Crippen LogP contribution is -2.37. The topological polar surface area (TPSA) is 44.1 Å². The van der Waals surface area contributed by atoms with Crippen LogP contribution in [0.3, 0.4) is 0 Å². The van der Waals surface area contributed by atoms with Gasteiger partial charge in [-0.1, -0.05) is 24.3 Å². The Bertz CT molecular complexity index is 481. The summed E-state index contributed by atoms with van der Waals surface area (Å²) in [5.41, 5.74) is 2.64. The van der Waals surface area contributed by atoms with Crippen LogP contribution in [0.25, 0.3) is 0 Å². The fourth-order valence-electron chi connectivity index (χ4n) is 2.21. The lowest BCUT2D eigenvalue weighted by Gasteiger charge is -2.28. The number of rotatable bonds is 5. The zero-order chi connectivity index (χ0) is 13.5. The Morgan fingerprint density at radius 3 is 2.95 bits per heavy atom. The molecule has 1 amide bonds. The van der Waals surface area contributed by atoms with Crippen molar-refractivity contribution in [1.82, 2.24) is 4.90 Å². The van der Waals surface area contributed by atoms with Crippen LogP contribution in [0.15, 0.2) is 24.3 Å². The van der Waals surface area contributed by atoms with Gasteiger partial charge in [0.2, 0.25) is 5.91 Å². The molecule has 4 heteroatoms. The Morgan fingerprint density at radius 1 is 1.37 bits per heavy atom. The van der Waals surface area contributed by atoms with Gasteiger partial charge in [0.25, 0.3) is 0 Å². The summed E-state index contributed by atoms with van der Waals surface area (Å²) < 4.78 is 0. The monoisotopic (exact) mass is 274 g/mol. The summed E-state index contributed by atoms with van der Waals surface area (Å²) in [6.07, 6.45) is 2.41. The van der Waals surface area contributed by atoms with Crippen LogP contribution in [0.1, 0.15) is 24.0 Å². The normalized spacial score (nSPS) is 13.7. The first kappa shape index (κ1) is 14.0. The van der Waals surface area contributed by atoms with Crippen molar-refractivity contribution >= 4 is 17.7 Å². The summed E-state index contributed by atoms with van der Waals surface area (Å²) in [6.45, 7) is 1.57. The van der Waals surface area contributed by atoms with E-state index in [1.54, 1.807) is 11.8 Å². The van der Waals surface area contributed by atoms with E-state index in [2.05, 4.69) is 24.3 Å². The van der Waals surface area contributed by atoms with E-state index in [0.29, 0.717) is 12.2 Å². The Hall–Kier alpha value is -1.47. The number of amides is 1. The molecule has 0 aromatic heterocycles. The van der Waals surface area contributed by atoms with Crippen LogP contribution in [-0.4, -0.2) is 28.9 Å². The minimum atomic E-state index is 0.219. The standard InChI is InChI=1S/C15H18N2OS/c16-8-3-4-10-19-12-15(18)17-9-7-13-5-1-2-6-14(13)11-17/h1-2,5-6H,3-4,7,9-12H2. The molecule has 0 radical (unpaired) electrons. The van der Waals surface area contributed by atoms with E-state index < -0.39 is 0 Å². The zero-order valence-electron chi connectivity index (χ0n) is 11.0. The van der Waals surface area contributed by atoms with Gasteiger partial charge >= 0.3 is 0 Å². The van der Waals surface area contributed by atoms with Crippen molar-refractivity contribution in [2.45, 2.75) is 25.8 Å². The third kappa shape index (κ3) is 4.00. The Labute approximate surface area is 118 Å². The maximum atomic E-state index is 12.1. The highest BCUT2D eigenvalue weighted by atomic mass is 32.2. The minimum absolute atomic E-state index is 0.219. The van der Waals surface area contributed by atoms with E-state index in [0.717, 1.165) is 31.7 Å². The molecule has 1 aromatic carbocycles. The molecule has 0 spiro atoms. The van der Waals surface area contributed by atoms with Gasteiger partial charge < -0.3 is 4.90 Å².